The molecule has 0 aliphatic heterocycles. The van der Waals surface area contributed by atoms with Gasteiger partial charge in [-0.15, -0.1) is 23.2 Å². The van der Waals surface area contributed by atoms with Gasteiger partial charge in [-0.25, -0.2) is 0 Å². The molecule has 1 amide bonds. The van der Waals surface area contributed by atoms with Gasteiger partial charge in [0.05, 0.1) is 15.9 Å². The molecule has 0 radical (unpaired) electrons. The van der Waals surface area contributed by atoms with E-state index in [1.807, 2.05) is 0 Å². The predicted molar refractivity (Wildman–Crippen MR) is 138 cm³/mol. The van der Waals surface area contributed by atoms with Gasteiger partial charge >= 0.3 is 0 Å². The first-order chi connectivity index (χ1) is 16.5. The summed E-state index contributed by atoms with van der Waals surface area (Å²) >= 11 is 31.2. The van der Waals surface area contributed by atoms with E-state index < -0.39 is 27.0 Å². The van der Waals surface area contributed by atoms with E-state index in [1.165, 1.54) is 30.3 Å². The molecule has 1 N–H and O–H groups in total. The topological polar surface area (TPSA) is 89.3 Å². The molecule has 2 atom stereocenters. The van der Waals surface area contributed by atoms with E-state index >= 15 is 0 Å². The van der Waals surface area contributed by atoms with Crippen molar-refractivity contribution in [3.63, 3.8) is 0 Å². The minimum atomic E-state index is -1.36. The van der Waals surface area contributed by atoms with Crippen LogP contribution in [0.25, 0.3) is 0 Å². The van der Waals surface area contributed by atoms with Gasteiger partial charge in [0.2, 0.25) is 5.91 Å². The van der Waals surface area contributed by atoms with E-state index in [9.17, 15) is 19.7 Å². The van der Waals surface area contributed by atoms with Crippen molar-refractivity contribution in [3.05, 3.63) is 103 Å². The standard InChI is InChI=1S/C24H15Cl5N2O4/c25-14-8-13(9-15(26)10-14)21-22(24(21,28)29)23(33)30-16-4-5-19(27)18(11-16)20(32)7-12-2-1-3-17(6-12)31(34)35/h1-6,8-11,21-22H,7H2,(H,30,33). The maximum atomic E-state index is 13.0. The monoisotopic (exact) mass is 570 g/mol. The number of Topliss-reactive ketones (excluding diaryl/α,β-unsaturated/α-hetero) is 1. The van der Waals surface area contributed by atoms with Gasteiger partial charge in [0.25, 0.3) is 5.69 Å². The summed E-state index contributed by atoms with van der Waals surface area (Å²) in [5.41, 5.74) is 1.46. The number of hydrogen-bond donors (Lipinski definition) is 1. The Morgan fingerprint density at radius 1 is 0.971 bits per heavy atom. The molecular formula is C24H15Cl5N2O4. The molecule has 2 unspecified atom stereocenters. The minimum absolute atomic E-state index is 0.106. The molecule has 1 fully saturated rings. The van der Waals surface area contributed by atoms with Crippen LogP contribution in [0.2, 0.25) is 15.1 Å². The van der Waals surface area contributed by atoms with Crippen LogP contribution in [0.4, 0.5) is 11.4 Å². The number of non-ortho nitro benzene ring substituents is 1. The molecule has 0 saturated heterocycles. The zero-order chi connectivity index (χ0) is 25.5. The number of nitrogens with one attached hydrogen (secondary N) is 1. The summed E-state index contributed by atoms with van der Waals surface area (Å²) < 4.78 is -1.36. The average molecular weight is 573 g/mol. The fourth-order valence-electron chi connectivity index (χ4n) is 3.92. The number of nitro benzene ring substituents is 1. The van der Waals surface area contributed by atoms with Gasteiger partial charge in [0.1, 0.15) is 4.33 Å². The van der Waals surface area contributed by atoms with E-state index in [0.29, 0.717) is 26.9 Å². The molecule has 11 heteroatoms. The quantitative estimate of drug-likeness (QED) is 0.137. The van der Waals surface area contributed by atoms with Crippen LogP contribution in [-0.2, 0) is 11.2 Å². The number of ketones is 1. The summed E-state index contributed by atoms with van der Waals surface area (Å²) in [6.45, 7) is 0. The maximum Gasteiger partial charge on any atom is 0.269 e. The Bertz CT molecular complexity index is 1340. The Morgan fingerprint density at radius 2 is 1.66 bits per heavy atom. The van der Waals surface area contributed by atoms with Crippen LogP contribution in [0.3, 0.4) is 0 Å². The van der Waals surface area contributed by atoms with Crippen molar-refractivity contribution in [3.8, 4) is 0 Å². The SMILES string of the molecule is O=C(Cc1cccc([N+](=O)[O-])c1)c1cc(NC(=O)C2C(c3cc(Cl)cc(Cl)c3)C2(Cl)Cl)ccc1Cl. The van der Waals surface area contributed by atoms with Crippen molar-refractivity contribution >= 4 is 81.1 Å². The lowest BCUT2D eigenvalue weighted by molar-refractivity contribution is -0.384. The first kappa shape index (κ1) is 25.7. The number of amides is 1. The highest BCUT2D eigenvalue weighted by molar-refractivity contribution is 6.53. The number of rotatable bonds is 7. The number of carbonyl (C=O) groups excluding carboxylic acids is 2. The Kier molecular flexibility index (Phi) is 7.32. The van der Waals surface area contributed by atoms with Crippen molar-refractivity contribution in [1.29, 1.82) is 0 Å². The molecule has 3 aromatic carbocycles. The summed E-state index contributed by atoms with van der Waals surface area (Å²) in [6, 6.07) is 15.1. The summed E-state index contributed by atoms with van der Waals surface area (Å²) in [5, 5.41) is 14.7. The van der Waals surface area contributed by atoms with Crippen molar-refractivity contribution in [1.82, 2.24) is 0 Å². The number of carbonyl (C=O) groups is 2. The zero-order valence-electron chi connectivity index (χ0n) is 17.6. The molecule has 3 aromatic rings. The lowest BCUT2D eigenvalue weighted by atomic mass is 10.0. The summed E-state index contributed by atoms with van der Waals surface area (Å²) in [6.07, 6.45) is -0.106. The highest BCUT2D eigenvalue weighted by Crippen LogP contribution is 2.65. The van der Waals surface area contributed by atoms with E-state index in [4.69, 9.17) is 58.0 Å². The highest BCUT2D eigenvalue weighted by atomic mass is 35.5. The van der Waals surface area contributed by atoms with Gasteiger partial charge < -0.3 is 5.32 Å². The number of benzene rings is 3. The van der Waals surface area contributed by atoms with Crippen molar-refractivity contribution < 1.29 is 14.5 Å². The third-order valence-electron chi connectivity index (χ3n) is 5.60. The maximum absolute atomic E-state index is 13.0. The van der Waals surface area contributed by atoms with Crippen LogP contribution >= 0.6 is 58.0 Å². The third kappa shape index (κ3) is 5.57. The Morgan fingerprint density at radius 3 is 2.31 bits per heavy atom. The molecule has 1 aliphatic rings. The van der Waals surface area contributed by atoms with Crippen LogP contribution in [-0.4, -0.2) is 20.9 Å². The normalized spacial score (nSPS) is 18.1. The molecule has 0 spiro atoms. The van der Waals surface area contributed by atoms with Crippen molar-refractivity contribution in [2.45, 2.75) is 16.7 Å². The molecule has 0 heterocycles. The second-order valence-corrected chi connectivity index (χ2v) is 10.8. The number of halogens is 5. The minimum Gasteiger partial charge on any atom is -0.326 e. The fourth-order valence-corrected chi connectivity index (χ4v) is 5.51. The van der Waals surface area contributed by atoms with Gasteiger partial charge in [-0.1, -0.05) is 46.9 Å². The molecule has 0 bridgehead atoms. The van der Waals surface area contributed by atoms with Crippen LogP contribution in [0.1, 0.15) is 27.4 Å². The summed E-state index contributed by atoms with van der Waals surface area (Å²) in [5.74, 6) is -2.12. The number of hydrogen-bond acceptors (Lipinski definition) is 4. The Hall–Kier alpha value is -2.35. The first-order valence-electron chi connectivity index (χ1n) is 10.2. The summed E-state index contributed by atoms with van der Waals surface area (Å²) in [4.78, 5) is 36.3. The average Bonchev–Trinajstić information content (AvgIpc) is 3.36. The smallest absolute Gasteiger partial charge is 0.269 e. The first-order valence-corrected chi connectivity index (χ1v) is 12.1. The van der Waals surface area contributed by atoms with Crippen molar-refractivity contribution in [2.24, 2.45) is 5.92 Å². The number of anilines is 1. The van der Waals surface area contributed by atoms with E-state index in [0.717, 1.165) is 0 Å². The Balaban J connectivity index is 1.51. The molecule has 35 heavy (non-hydrogen) atoms. The summed E-state index contributed by atoms with van der Waals surface area (Å²) in [7, 11) is 0. The van der Waals surface area contributed by atoms with Gasteiger partial charge in [0, 0.05) is 45.8 Å². The Labute approximate surface area is 225 Å². The zero-order valence-corrected chi connectivity index (χ0v) is 21.4. The fraction of sp³-hybridized carbons (Fsp3) is 0.167. The van der Waals surface area contributed by atoms with E-state index in [1.54, 1.807) is 30.3 Å². The van der Waals surface area contributed by atoms with Gasteiger partial charge in [-0.3, -0.25) is 19.7 Å². The molecule has 6 nitrogen and oxygen atoms in total. The largest absolute Gasteiger partial charge is 0.326 e. The van der Waals surface area contributed by atoms with Gasteiger partial charge in [-0.2, -0.15) is 0 Å². The molecule has 1 saturated carbocycles. The second-order valence-electron chi connectivity index (χ2n) is 8.04. The number of alkyl halides is 2. The molecule has 1 aliphatic carbocycles. The molecule has 4 rings (SSSR count). The number of nitro groups is 1. The van der Waals surface area contributed by atoms with Crippen LogP contribution in [0.5, 0.6) is 0 Å². The molecular weight excluding hydrogens is 558 g/mol. The van der Waals surface area contributed by atoms with E-state index in [2.05, 4.69) is 5.32 Å². The van der Waals surface area contributed by atoms with Crippen LogP contribution in [0.15, 0.2) is 60.7 Å². The van der Waals surface area contributed by atoms with Gasteiger partial charge in [0.15, 0.2) is 5.78 Å². The van der Waals surface area contributed by atoms with Crippen molar-refractivity contribution in [2.75, 3.05) is 5.32 Å². The van der Waals surface area contributed by atoms with Gasteiger partial charge in [-0.05, 0) is 47.5 Å². The lowest BCUT2D eigenvalue weighted by Gasteiger charge is -2.09. The number of nitrogens with zero attached hydrogens (tertiary/aromatic N) is 1. The predicted octanol–water partition coefficient (Wildman–Crippen LogP) is 7.51. The van der Waals surface area contributed by atoms with Crippen LogP contribution < -0.4 is 5.32 Å². The van der Waals surface area contributed by atoms with E-state index in [-0.39, 0.29) is 28.5 Å². The third-order valence-corrected chi connectivity index (χ3v) is 7.31. The highest BCUT2D eigenvalue weighted by Gasteiger charge is 2.67. The molecule has 180 valence electrons. The lowest BCUT2D eigenvalue weighted by Crippen LogP contribution is -2.17. The second kappa shape index (κ2) is 9.96. The van der Waals surface area contributed by atoms with Crippen LogP contribution in [0, 0.1) is 16.0 Å². The molecule has 0 aromatic heterocycles.